The zero-order valence-corrected chi connectivity index (χ0v) is 15.3. The number of allylic oxidation sites excluding steroid dienone is 1. The Hall–Kier alpha value is -1.56. The van der Waals surface area contributed by atoms with Gasteiger partial charge in [-0.15, -0.1) is 0 Å². The quantitative estimate of drug-likeness (QED) is 0.449. The first-order valence-electron chi connectivity index (χ1n) is 9.35. The largest absolute Gasteiger partial charge is 0.478 e. The molecular formula is C19H29N3O3. The van der Waals surface area contributed by atoms with Crippen molar-refractivity contribution in [2.75, 3.05) is 7.05 Å². The first-order chi connectivity index (χ1) is 11.7. The van der Waals surface area contributed by atoms with E-state index in [-0.39, 0.29) is 27.9 Å². The molecule has 138 valence electrons. The van der Waals surface area contributed by atoms with Gasteiger partial charge in [0.05, 0.1) is 11.7 Å². The van der Waals surface area contributed by atoms with Crippen LogP contribution in [0.15, 0.2) is 16.1 Å². The van der Waals surface area contributed by atoms with Crippen molar-refractivity contribution in [3.05, 3.63) is 11.1 Å². The van der Waals surface area contributed by atoms with Crippen molar-refractivity contribution in [3.63, 3.8) is 0 Å². The Bertz CT molecular complexity index is 702. The molecule has 0 heterocycles. The summed E-state index contributed by atoms with van der Waals surface area (Å²) in [5, 5.41) is 23.8. The molecule has 0 aromatic heterocycles. The number of rotatable bonds is 2. The Balaban J connectivity index is 1.92. The monoisotopic (exact) mass is 347 g/mol. The molecule has 0 saturated heterocycles. The minimum Gasteiger partial charge on any atom is -0.478 e. The number of carboxylic acids is 1. The number of nitrogens with one attached hydrogen (secondary N) is 1. The third-order valence-electron chi connectivity index (χ3n) is 8.47. The summed E-state index contributed by atoms with van der Waals surface area (Å²) in [6, 6.07) is 0.160. The maximum Gasteiger partial charge on any atom is 0.334 e. The minimum absolute atomic E-state index is 0.0402. The second kappa shape index (κ2) is 5.00. The highest BCUT2D eigenvalue weighted by Gasteiger charge is 2.76. The predicted molar refractivity (Wildman–Crippen MR) is 95.0 cm³/mol. The molecule has 1 spiro atoms. The molecule has 0 aromatic carbocycles. The topological polar surface area (TPSA) is 108 Å². The van der Waals surface area contributed by atoms with E-state index in [2.05, 4.69) is 24.2 Å². The van der Waals surface area contributed by atoms with E-state index in [1.54, 1.807) is 7.05 Å². The van der Waals surface area contributed by atoms with Gasteiger partial charge in [0.25, 0.3) is 0 Å². The van der Waals surface area contributed by atoms with Gasteiger partial charge in [0.15, 0.2) is 5.96 Å². The van der Waals surface area contributed by atoms with Crippen LogP contribution in [0, 0.1) is 22.2 Å². The van der Waals surface area contributed by atoms with Crippen molar-refractivity contribution in [3.8, 4) is 0 Å². The van der Waals surface area contributed by atoms with Crippen LogP contribution in [0.1, 0.15) is 52.4 Å². The smallest absolute Gasteiger partial charge is 0.334 e. The van der Waals surface area contributed by atoms with Crippen LogP contribution in [-0.4, -0.2) is 41.3 Å². The number of nitrogens with two attached hydrogens (primary N) is 1. The van der Waals surface area contributed by atoms with Crippen LogP contribution in [0.2, 0.25) is 0 Å². The van der Waals surface area contributed by atoms with Gasteiger partial charge in [-0.1, -0.05) is 13.8 Å². The van der Waals surface area contributed by atoms with Gasteiger partial charge in [-0.25, -0.2) is 4.79 Å². The van der Waals surface area contributed by atoms with Crippen molar-refractivity contribution < 1.29 is 15.0 Å². The fraction of sp³-hybridized carbons (Fsp3) is 0.789. The Morgan fingerprint density at radius 1 is 1.32 bits per heavy atom. The van der Waals surface area contributed by atoms with E-state index in [0.29, 0.717) is 18.3 Å². The zero-order valence-electron chi connectivity index (χ0n) is 15.3. The molecule has 4 aliphatic rings. The average molecular weight is 347 g/mol. The third-order valence-corrected chi connectivity index (χ3v) is 8.47. The molecule has 5 N–H and O–H groups in total. The maximum absolute atomic E-state index is 11.9. The standard InChI is InChI=1S/C19H29N3O3/c1-17-6-4-10-8-11-14(15(24)25)12(23)9-19(11,17)18(10,2)13(5-7-17)22-16(20)21-3/h10,12-13,23H,4-9H2,1-3H3,(H,24,25)(H3,20,21,22)/t10-,12-,13+,17+,18+,19-/m1/s1. The lowest BCUT2D eigenvalue weighted by Gasteiger charge is -2.66. The fourth-order valence-electron chi connectivity index (χ4n) is 7.37. The molecule has 6 atom stereocenters. The Labute approximate surface area is 148 Å². The number of hydrogen-bond acceptors (Lipinski definition) is 3. The second-order valence-electron chi connectivity index (χ2n) is 8.95. The lowest BCUT2D eigenvalue weighted by atomic mass is 9.39. The molecule has 0 aliphatic heterocycles. The number of hydrogen-bond donors (Lipinski definition) is 4. The van der Waals surface area contributed by atoms with Crippen molar-refractivity contribution >= 4 is 11.9 Å². The predicted octanol–water partition coefficient (Wildman–Crippen LogP) is 1.64. The number of aliphatic hydroxyl groups excluding tert-OH is 1. The Morgan fingerprint density at radius 2 is 2.00 bits per heavy atom. The van der Waals surface area contributed by atoms with E-state index < -0.39 is 12.1 Å². The van der Waals surface area contributed by atoms with E-state index in [1.165, 1.54) is 0 Å². The summed E-state index contributed by atoms with van der Waals surface area (Å²) in [4.78, 5) is 16.0. The lowest BCUT2D eigenvalue weighted by Crippen LogP contribution is -2.66. The van der Waals surface area contributed by atoms with Crippen molar-refractivity contribution in [1.82, 2.24) is 5.32 Å². The molecule has 0 amide bonds. The highest BCUT2D eigenvalue weighted by molar-refractivity contribution is 5.90. The van der Waals surface area contributed by atoms with Crippen LogP contribution in [0.25, 0.3) is 0 Å². The normalized spacial score (nSPS) is 48.5. The number of carboxylic acid groups (broad SMARTS) is 1. The summed E-state index contributed by atoms with van der Waals surface area (Å²) in [6.45, 7) is 4.62. The maximum atomic E-state index is 11.9. The zero-order chi connectivity index (χ0) is 18.2. The van der Waals surface area contributed by atoms with Crippen molar-refractivity contribution in [2.24, 2.45) is 32.9 Å². The molecule has 25 heavy (non-hydrogen) atoms. The first-order valence-corrected chi connectivity index (χ1v) is 9.35. The van der Waals surface area contributed by atoms with Crippen molar-refractivity contribution in [1.29, 1.82) is 0 Å². The molecule has 3 saturated carbocycles. The van der Waals surface area contributed by atoms with E-state index in [9.17, 15) is 15.0 Å². The summed E-state index contributed by atoms with van der Waals surface area (Å²) in [6.07, 6.45) is 4.73. The minimum atomic E-state index is -0.948. The number of guanidine groups is 1. The van der Waals surface area contributed by atoms with E-state index in [0.717, 1.165) is 37.7 Å². The molecule has 0 unspecified atom stereocenters. The van der Waals surface area contributed by atoms with E-state index >= 15 is 0 Å². The van der Waals surface area contributed by atoms with Crippen LogP contribution in [0.3, 0.4) is 0 Å². The molecule has 6 nitrogen and oxygen atoms in total. The van der Waals surface area contributed by atoms with Crippen LogP contribution in [0.5, 0.6) is 0 Å². The number of nitrogens with zero attached hydrogens (tertiary/aromatic N) is 1. The Kier molecular flexibility index (Phi) is 3.37. The molecular weight excluding hydrogens is 318 g/mol. The summed E-state index contributed by atoms with van der Waals surface area (Å²) in [7, 11) is 1.68. The van der Waals surface area contributed by atoms with Crippen LogP contribution < -0.4 is 11.1 Å². The lowest BCUT2D eigenvalue weighted by molar-refractivity contribution is -0.151. The SMILES string of the molecule is CN=C(N)N[C@H]1CC[C@]2(C)CC[C@@H]3CC4=C(C(=O)O)[C@H](O)C[C@@]42[C@@]31C. The van der Waals surface area contributed by atoms with E-state index in [4.69, 9.17) is 5.73 Å². The third kappa shape index (κ3) is 1.74. The number of carbonyl (C=O) groups is 1. The van der Waals surface area contributed by atoms with Gasteiger partial charge in [0.2, 0.25) is 0 Å². The van der Waals surface area contributed by atoms with Gasteiger partial charge in [-0.2, -0.15) is 0 Å². The highest BCUT2D eigenvalue weighted by atomic mass is 16.4. The van der Waals surface area contributed by atoms with Gasteiger partial charge in [-0.05, 0) is 55.4 Å². The van der Waals surface area contributed by atoms with Gasteiger partial charge in [0, 0.05) is 23.9 Å². The summed E-state index contributed by atoms with van der Waals surface area (Å²) >= 11 is 0. The van der Waals surface area contributed by atoms with Crippen LogP contribution in [0.4, 0.5) is 0 Å². The molecule has 4 rings (SSSR count). The second-order valence-corrected chi connectivity index (χ2v) is 8.95. The molecule has 3 fully saturated rings. The van der Waals surface area contributed by atoms with Crippen LogP contribution >= 0.6 is 0 Å². The van der Waals surface area contributed by atoms with Gasteiger partial charge in [-0.3, -0.25) is 4.99 Å². The summed E-state index contributed by atoms with van der Waals surface area (Å²) in [5.74, 6) is -0.0741. The Morgan fingerprint density at radius 3 is 2.64 bits per heavy atom. The van der Waals surface area contributed by atoms with Gasteiger partial charge >= 0.3 is 5.97 Å². The number of aliphatic imine (C=N–C) groups is 1. The molecule has 4 aliphatic carbocycles. The fourth-order valence-corrected chi connectivity index (χ4v) is 7.37. The molecule has 6 heteroatoms. The number of aliphatic carboxylic acids is 1. The molecule has 0 aromatic rings. The number of aliphatic hydroxyl groups is 1. The molecule has 0 radical (unpaired) electrons. The summed E-state index contributed by atoms with van der Waals surface area (Å²) in [5.41, 5.74) is 6.98. The van der Waals surface area contributed by atoms with E-state index in [1.807, 2.05) is 0 Å². The van der Waals surface area contributed by atoms with Crippen LogP contribution in [-0.2, 0) is 4.79 Å². The highest BCUT2D eigenvalue weighted by Crippen LogP contribution is 2.80. The van der Waals surface area contributed by atoms with Gasteiger partial charge in [0.1, 0.15) is 0 Å². The van der Waals surface area contributed by atoms with Gasteiger partial charge < -0.3 is 21.3 Å². The first kappa shape index (κ1) is 16.9. The summed E-state index contributed by atoms with van der Waals surface area (Å²) < 4.78 is 0. The molecule has 4 bridgehead atoms. The average Bonchev–Trinajstić information content (AvgIpc) is 2.93. The van der Waals surface area contributed by atoms with Crippen molar-refractivity contribution in [2.45, 2.75) is 64.5 Å².